The van der Waals surface area contributed by atoms with Crippen molar-refractivity contribution in [3.8, 4) is 17.3 Å². The number of aliphatic hydroxyl groups excluding tert-OH is 1. The number of hydrogen-bond acceptors (Lipinski definition) is 6. The van der Waals surface area contributed by atoms with Gasteiger partial charge in [0.05, 0.1) is 30.4 Å². The zero-order valence-electron chi connectivity index (χ0n) is 15.0. The molecule has 8 heteroatoms. The summed E-state index contributed by atoms with van der Waals surface area (Å²) in [4.78, 5) is 8.79. The Labute approximate surface area is 157 Å². The quantitative estimate of drug-likeness (QED) is 0.645. The van der Waals surface area contributed by atoms with Crippen LogP contribution in [0.1, 0.15) is 38.1 Å². The summed E-state index contributed by atoms with van der Waals surface area (Å²) < 4.78 is 8.82. The second-order valence-corrected chi connectivity index (χ2v) is 6.89. The molecular formula is C19H22N6O2. The maximum Gasteiger partial charge on any atom is 0.145 e. The fraction of sp³-hybridized carbons (Fsp3) is 0.474. The molecular weight excluding hydrogens is 344 g/mol. The summed E-state index contributed by atoms with van der Waals surface area (Å²) in [6.45, 7) is -0.118. The predicted octanol–water partition coefficient (Wildman–Crippen LogP) is 2.86. The van der Waals surface area contributed by atoms with Crippen LogP contribution < -0.4 is 0 Å². The van der Waals surface area contributed by atoms with Crippen molar-refractivity contribution in [2.24, 2.45) is 5.92 Å². The van der Waals surface area contributed by atoms with E-state index < -0.39 is 0 Å². The van der Waals surface area contributed by atoms with Gasteiger partial charge in [-0.05, 0) is 24.8 Å². The van der Waals surface area contributed by atoms with Crippen molar-refractivity contribution >= 4 is 11.0 Å². The Morgan fingerprint density at radius 2 is 2.19 bits per heavy atom. The zero-order valence-corrected chi connectivity index (χ0v) is 15.0. The van der Waals surface area contributed by atoms with Crippen LogP contribution in [-0.2, 0) is 11.5 Å². The number of nitriles is 1. The Morgan fingerprint density at radius 3 is 2.96 bits per heavy atom. The van der Waals surface area contributed by atoms with E-state index in [0.717, 1.165) is 35.1 Å². The molecule has 8 nitrogen and oxygen atoms in total. The summed E-state index contributed by atoms with van der Waals surface area (Å²) in [5.41, 5.74) is 2.45. The summed E-state index contributed by atoms with van der Waals surface area (Å²) in [5, 5.41) is 23.6. The van der Waals surface area contributed by atoms with Gasteiger partial charge in [0.15, 0.2) is 0 Å². The molecule has 1 atom stereocenters. The van der Waals surface area contributed by atoms with Crippen LogP contribution in [0.5, 0.6) is 0 Å². The average molecular weight is 366 g/mol. The third kappa shape index (κ3) is 3.44. The van der Waals surface area contributed by atoms with Crippen LogP contribution in [-0.4, -0.2) is 36.2 Å². The zero-order chi connectivity index (χ0) is 18.6. The number of rotatable bonds is 7. The SMILES string of the molecule is N#CC[C@H](C1CCCC1)n1cc(-c2ncnc3c2ccn3COCO)cn1. The second kappa shape index (κ2) is 7.86. The molecule has 3 aromatic heterocycles. The van der Waals surface area contributed by atoms with Crippen LogP contribution in [0.3, 0.4) is 0 Å². The average Bonchev–Trinajstić information content (AvgIpc) is 3.45. The van der Waals surface area contributed by atoms with Crippen LogP contribution in [0.4, 0.5) is 0 Å². The van der Waals surface area contributed by atoms with Gasteiger partial charge in [-0.2, -0.15) is 10.4 Å². The summed E-state index contributed by atoms with van der Waals surface area (Å²) in [6, 6.07) is 4.37. The Kier molecular flexibility index (Phi) is 5.14. The van der Waals surface area contributed by atoms with Gasteiger partial charge < -0.3 is 14.4 Å². The highest BCUT2D eigenvalue weighted by Gasteiger charge is 2.27. The lowest BCUT2D eigenvalue weighted by Gasteiger charge is -2.21. The number of hydrogen-bond donors (Lipinski definition) is 1. The van der Waals surface area contributed by atoms with Gasteiger partial charge in [-0.15, -0.1) is 0 Å². The van der Waals surface area contributed by atoms with Gasteiger partial charge in [0.25, 0.3) is 0 Å². The van der Waals surface area contributed by atoms with E-state index in [9.17, 15) is 5.26 Å². The summed E-state index contributed by atoms with van der Waals surface area (Å²) >= 11 is 0. The van der Waals surface area contributed by atoms with Gasteiger partial charge in [-0.25, -0.2) is 9.97 Å². The molecule has 0 amide bonds. The van der Waals surface area contributed by atoms with Crippen LogP contribution in [0.25, 0.3) is 22.3 Å². The largest absolute Gasteiger partial charge is 0.371 e. The van der Waals surface area contributed by atoms with Crippen molar-refractivity contribution in [3.63, 3.8) is 0 Å². The molecule has 1 aliphatic carbocycles. The molecule has 0 unspecified atom stereocenters. The van der Waals surface area contributed by atoms with E-state index in [1.165, 1.54) is 19.2 Å². The van der Waals surface area contributed by atoms with Gasteiger partial charge in [0, 0.05) is 23.3 Å². The number of fused-ring (bicyclic) bond motifs is 1. The van der Waals surface area contributed by atoms with Crippen molar-refractivity contribution in [2.75, 3.05) is 6.79 Å². The molecule has 1 fully saturated rings. The van der Waals surface area contributed by atoms with E-state index in [4.69, 9.17) is 9.84 Å². The maximum atomic E-state index is 9.25. The minimum atomic E-state index is -0.341. The van der Waals surface area contributed by atoms with Crippen molar-refractivity contribution in [1.82, 2.24) is 24.3 Å². The van der Waals surface area contributed by atoms with E-state index in [2.05, 4.69) is 21.1 Å². The lowest BCUT2D eigenvalue weighted by Crippen LogP contribution is -2.17. The Balaban J connectivity index is 1.66. The molecule has 3 heterocycles. The lowest BCUT2D eigenvalue weighted by atomic mass is 9.96. The van der Waals surface area contributed by atoms with Gasteiger partial charge in [-0.1, -0.05) is 12.8 Å². The van der Waals surface area contributed by atoms with Crippen molar-refractivity contribution in [3.05, 3.63) is 31.0 Å². The highest BCUT2D eigenvalue weighted by atomic mass is 16.6. The predicted molar refractivity (Wildman–Crippen MR) is 98.1 cm³/mol. The molecule has 140 valence electrons. The molecule has 1 aliphatic rings. The topological polar surface area (TPSA) is 102 Å². The molecule has 27 heavy (non-hydrogen) atoms. The smallest absolute Gasteiger partial charge is 0.145 e. The Hall–Kier alpha value is -2.76. The molecule has 1 saturated carbocycles. The maximum absolute atomic E-state index is 9.25. The second-order valence-electron chi connectivity index (χ2n) is 6.89. The van der Waals surface area contributed by atoms with Gasteiger partial charge >= 0.3 is 0 Å². The third-order valence-electron chi connectivity index (χ3n) is 5.34. The fourth-order valence-electron chi connectivity index (χ4n) is 4.03. The number of aromatic nitrogens is 5. The fourth-order valence-corrected chi connectivity index (χ4v) is 4.03. The number of aliphatic hydroxyl groups is 1. The number of ether oxygens (including phenoxy) is 1. The first-order valence-corrected chi connectivity index (χ1v) is 9.21. The first kappa shape index (κ1) is 17.6. The van der Waals surface area contributed by atoms with Crippen molar-refractivity contribution in [2.45, 2.75) is 44.9 Å². The lowest BCUT2D eigenvalue weighted by molar-refractivity contribution is -0.0340. The van der Waals surface area contributed by atoms with E-state index in [1.807, 2.05) is 33.9 Å². The van der Waals surface area contributed by atoms with Crippen molar-refractivity contribution < 1.29 is 9.84 Å². The molecule has 1 N–H and O–H groups in total. The molecule has 0 saturated heterocycles. The minimum absolute atomic E-state index is 0.117. The van der Waals surface area contributed by atoms with E-state index in [-0.39, 0.29) is 19.6 Å². The molecule has 0 radical (unpaired) electrons. The Bertz CT molecular complexity index is 951. The molecule has 4 rings (SSSR count). The normalized spacial score (nSPS) is 16.0. The highest BCUT2D eigenvalue weighted by Crippen LogP contribution is 2.36. The monoisotopic (exact) mass is 366 g/mol. The van der Waals surface area contributed by atoms with Gasteiger partial charge in [-0.3, -0.25) is 4.68 Å². The summed E-state index contributed by atoms with van der Waals surface area (Å²) in [5.74, 6) is 0.513. The standard InChI is InChI=1S/C19H22N6O2/c20-7-5-17(14-3-1-2-4-14)25-10-15(9-23-25)18-16-6-8-24(12-27-13-26)19(16)22-11-21-18/h6,8-11,14,17,26H,1-5,12-13H2/t17-/m1/s1. The molecule has 3 aromatic rings. The first-order chi connectivity index (χ1) is 13.3. The van der Waals surface area contributed by atoms with E-state index >= 15 is 0 Å². The molecule has 0 spiro atoms. The molecule has 0 aromatic carbocycles. The van der Waals surface area contributed by atoms with Gasteiger partial charge in [0.1, 0.15) is 25.5 Å². The summed E-state index contributed by atoms with van der Waals surface area (Å²) in [6.07, 6.45) is 12.4. The third-order valence-corrected chi connectivity index (χ3v) is 5.34. The summed E-state index contributed by atoms with van der Waals surface area (Å²) in [7, 11) is 0. The van der Waals surface area contributed by atoms with Gasteiger partial charge in [0.2, 0.25) is 0 Å². The van der Waals surface area contributed by atoms with E-state index in [0.29, 0.717) is 12.3 Å². The Morgan fingerprint density at radius 1 is 1.33 bits per heavy atom. The van der Waals surface area contributed by atoms with Crippen LogP contribution in [0.15, 0.2) is 31.0 Å². The van der Waals surface area contributed by atoms with Crippen LogP contribution in [0, 0.1) is 17.2 Å². The van der Waals surface area contributed by atoms with E-state index in [1.54, 1.807) is 0 Å². The van der Waals surface area contributed by atoms with Crippen molar-refractivity contribution in [1.29, 1.82) is 5.26 Å². The van der Waals surface area contributed by atoms with Crippen LogP contribution >= 0.6 is 0 Å². The van der Waals surface area contributed by atoms with Crippen LogP contribution in [0.2, 0.25) is 0 Å². The number of nitrogens with zero attached hydrogens (tertiary/aromatic N) is 6. The molecule has 0 bridgehead atoms. The first-order valence-electron chi connectivity index (χ1n) is 9.21. The minimum Gasteiger partial charge on any atom is -0.371 e. The molecule has 0 aliphatic heterocycles. The highest BCUT2D eigenvalue weighted by molar-refractivity contribution is 5.90.